The Labute approximate surface area is 144 Å². The lowest BCUT2D eigenvalue weighted by atomic mass is 10.1. The molecule has 2 rings (SSSR count). The molecule has 0 unspecified atom stereocenters. The predicted molar refractivity (Wildman–Crippen MR) is 89.6 cm³/mol. The Morgan fingerprint density at radius 3 is 2.40 bits per heavy atom. The van der Waals surface area contributed by atoms with E-state index in [2.05, 4.69) is 5.32 Å². The molecule has 7 heteroatoms. The molecule has 2 aromatic rings. The van der Waals surface area contributed by atoms with Crippen LogP contribution in [0.5, 0.6) is 11.5 Å². The Balaban J connectivity index is 1.82. The van der Waals surface area contributed by atoms with E-state index in [-0.39, 0.29) is 31.1 Å². The van der Waals surface area contributed by atoms with Crippen molar-refractivity contribution in [1.82, 2.24) is 5.32 Å². The summed E-state index contributed by atoms with van der Waals surface area (Å²) in [6.07, 6.45) is 0.107. The third-order valence-electron chi connectivity index (χ3n) is 3.51. The van der Waals surface area contributed by atoms with Crippen LogP contribution in [0.1, 0.15) is 15.9 Å². The summed E-state index contributed by atoms with van der Waals surface area (Å²) < 4.78 is 5.08. The van der Waals surface area contributed by atoms with Crippen LogP contribution in [-0.2, 0) is 16.0 Å². The zero-order valence-corrected chi connectivity index (χ0v) is 13.4. The summed E-state index contributed by atoms with van der Waals surface area (Å²) >= 11 is 0. The molecule has 25 heavy (non-hydrogen) atoms. The van der Waals surface area contributed by atoms with E-state index in [1.165, 1.54) is 18.2 Å². The van der Waals surface area contributed by atoms with Gasteiger partial charge in [-0.05, 0) is 36.2 Å². The number of aromatic hydroxyl groups is 2. The SMILES string of the molecule is O=C(OCCN[C@@H](Cc1ccc(O)c(O)c1)C(=O)O)c1ccccc1. The fourth-order valence-corrected chi connectivity index (χ4v) is 2.21. The van der Waals surface area contributed by atoms with Crippen molar-refractivity contribution in [3.8, 4) is 11.5 Å². The van der Waals surface area contributed by atoms with E-state index in [0.29, 0.717) is 11.1 Å². The van der Waals surface area contributed by atoms with E-state index < -0.39 is 18.0 Å². The van der Waals surface area contributed by atoms with Crippen LogP contribution in [0.3, 0.4) is 0 Å². The molecule has 0 saturated heterocycles. The Bertz CT molecular complexity index is 732. The number of carboxylic acid groups (broad SMARTS) is 1. The summed E-state index contributed by atoms with van der Waals surface area (Å²) in [6.45, 7) is 0.192. The largest absolute Gasteiger partial charge is 0.504 e. The predicted octanol–water partition coefficient (Wildman–Crippen LogP) is 1.54. The van der Waals surface area contributed by atoms with E-state index >= 15 is 0 Å². The van der Waals surface area contributed by atoms with Gasteiger partial charge in [0.05, 0.1) is 5.56 Å². The summed E-state index contributed by atoms with van der Waals surface area (Å²) in [4.78, 5) is 23.1. The van der Waals surface area contributed by atoms with E-state index in [1.54, 1.807) is 30.3 Å². The number of benzene rings is 2. The second kappa shape index (κ2) is 8.70. The molecular formula is C18H19NO6. The summed E-state index contributed by atoms with van der Waals surface area (Å²) in [5.41, 5.74) is 0.980. The first kappa shape index (κ1) is 18.3. The van der Waals surface area contributed by atoms with Gasteiger partial charge in [0.15, 0.2) is 11.5 Å². The van der Waals surface area contributed by atoms with Gasteiger partial charge in [-0.3, -0.25) is 4.79 Å². The normalized spacial score (nSPS) is 11.7. The number of nitrogens with one attached hydrogen (secondary N) is 1. The van der Waals surface area contributed by atoms with E-state index in [1.807, 2.05) is 0 Å². The summed E-state index contributed by atoms with van der Waals surface area (Å²) in [5, 5.41) is 30.8. The number of esters is 1. The molecule has 0 heterocycles. The number of carbonyl (C=O) groups excluding carboxylic acids is 1. The van der Waals surface area contributed by atoms with Crippen LogP contribution in [0.15, 0.2) is 48.5 Å². The third-order valence-corrected chi connectivity index (χ3v) is 3.51. The standard InChI is InChI=1S/C18H19NO6/c20-15-7-6-12(11-16(15)21)10-14(17(22)23)19-8-9-25-18(24)13-4-2-1-3-5-13/h1-7,11,14,19-21H,8-10H2,(H,22,23)/t14-/m0/s1. The minimum atomic E-state index is -1.07. The van der Waals surface area contributed by atoms with Gasteiger partial charge >= 0.3 is 11.9 Å². The van der Waals surface area contributed by atoms with Crippen molar-refractivity contribution in [1.29, 1.82) is 0 Å². The van der Waals surface area contributed by atoms with Gasteiger partial charge < -0.3 is 25.4 Å². The molecule has 0 amide bonds. The fraction of sp³-hybridized carbons (Fsp3) is 0.222. The Morgan fingerprint density at radius 2 is 1.76 bits per heavy atom. The molecule has 7 nitrogen and oxygen atoms in total. The monoisotopic (exact) mass is 345 g/mol. The molecule has 0 bridgehead atoms. The summed E-state index contributed by atoms with van der Waals surface area (Å²) in [7, 11) is 0. The number of carboxylic acids is 1. The molecule has 0 aromatic heterocycles. The second-order valence-electron chi connectivity index (χ2n) is 5.37. The topological polar surface area (TPSA) is 116 Å². The maximum atomic E-state index is 11.8. The average molecular weight is 345 g/mol. The Morgan fingerprint density at radius 1 is 1.04 bits per heavy atom. The lowest BCUT2D eigenvalue weighted by molar-refractivity contribution is -0.139. The molecule has 0 aliphatic heterocycles. The molecule has 0 fully saturated rings. The molecule has 0 aliphatic rings. The van der Waals surface area contributed by atoms with Crippen LogP contribution in [0.4, 0.5) is 0 Å². The number of ether oxygens (including phenoxy) is 1. The van der Waals surface area contributed by atoms with Gasteiger partial charge in [-0.2, -0.15) is 0 Å². The lowest BCUT2D eigenvalue weighted by Gasteiger charge is -2.15. The molecule has 132 valence electrons. The lowest BCUT2D eigenvalue weighted by Crippen LogP contribution is -2.40. The Kier molecular flexibility index (Phi) is 6.36. The van der Waals surface area contributed by atoms with Crippen LogP contribution < -0.4 is 5.32 Å². The van der Waals surface area contributed by atoms with Crippen LogP contribution in [0.25, 0.3) is 0 Å². The minimum Gasteiger partial charge on any atom is -0.504 e. The van der Waals surface area contributed by atoms with E-state index in [9.17, 15) is 24.9 Å². The van der Waals surface area contributed by atoms with Gasteiger partial charge in [-0.25, -0.2) is 4.79 Å². The number of hydrogen-bond acceptors (Lipinski definition) is 6. The quantitative estimate of drug-likeness (QED) is 0.326. The van der Waals surface area contributed by atoms with Crippen LogP contribution >= 0.6 is 0 Å². The number of phenols is 2. The molecule has 1 atom stereocenters. The van der Waals surface area contributed by atoms with Crippen molar-refractivity contribution in [2.45, 2.75) is 12.5 Å². The highest BCUT2D eigenvalue weighted by Gasteiger charge is 2.18. The molecule has 2 aromatic carbocycles. The summed E-state index contributed by atoms with van der Waals surface area (Å²) in [5.74, 6) is -2.12. The fourth-order valence-electron chi connectivity index (χ4n) is 2.21. The molecule has 4 N–H and O–H groups in total. The number of aliphatic carboxylic acids is 1. The van der Waals surface area contributed by atoms with Gasteiger partial charge in [0.1, 0.15) is 12.6 Å². The van der Waals surface area contributed by atoms with Crippen LogP contribution in [-0.4, -0.2) is 46.5 Å². The van der Waals surface area contributed by atoms with Gasteiger partial charge in [0.2, 0.25) is 0 Å². The average Bonchev–Trinajstić information content (AvgIpc) is 2.61. The van der Waals surface area contributed by atoms with E-state index in [0.717, 1.165) is 0 Å². The zero-order chi connectivity index (χ0) is 18.2. The van der Waals surface area contributed by atoms with Crippen molar-refractivity contribution in [3.05, 3.63) is 59.7 Å². The van der Waals surface area contributed by atoms with Crippen molar-refractivity contribution < 1.29 is 29.6 Å². The molecule has 0 spiro atoms. The highest BCUT2D eigenvalue weighted by Crippen LogP contribution is 2.25. The Hall–Kier alpha value is -3.06. The van der Waals surface area contributed by atoms with Crippen molar-refractivity contribution in [2.75, 3.05) is 13.2 Å². The van der Waals surface area contributed by atoms with Gasteiger partial charge in [-0.15, -0.1) is 0 Å². The first-order chi connectivity index (χ1) is 12.0. The minimum absolute atomic E-state index is 0.0261. The van der Waals surface area contributed by atoms with Crippen molar-refractivity contribution in [3.63, 3.8) is 0 Å². The molecular weight excluding hydrogens is 326 g/mol. The molecule has 0 saturated carbocycles. The molecule has 0 radical (unpaired) electrons. The zero-order valence-electron chi connectivity index (χ0n) is 13.4. The highest BCUT2D eigenvalue weighted by molar-refractivity contribution is 5.89. The smallest absolute Gasteiger partial charge is 0.338 e. The highest BCUT2D eigenvalue weighted by atomic mass is 16.5. The first-order valence-electron chi connectivity index (χ1n) is 7.66. The first-order valence-corrected chi connectivity index (χ1v) is 7.66. The van der Waals surface area contributed by atoms with Gasteiger partial charge in [0, 0.05) is 6.54 Å². The van der Waals surface area contributed by atoms with Gasteiger partial charge in [0.25, 0.3) is 0 Å². The third kappa shape index (κ3) is 5.50. The maximum Gasteiger partial charge on any atom is 0.338 e. The van der Waals surface area contributed by atoms with E-state index in [4.69, 9.17) is 4.74 Å². The number of rotatable bonds is 8. The van der Waals surface area contributed by atoms with Crippen molar-refractivity contribution in [2.24, 2.45) is 0 Å². The van der Waals surface area contributed by atoms with Crippen molar-refractivity contribution >= 4 is 11.9 Å². The molecule has 0 aliphatic carbocycles. The maximum absolute atomic E-state index is 11.8. The summed E-state index contributed by atoms with van der Waals surface area (Å²) in [6, 6.07) is 11.7. The number of hydrogen-bond donors (Lipinski definition) is 4. The number of carbonyl (C=O) groups is 2. The number of phenolic OH excluding ortho intramolecular Hbond substituents is 2. The van der Waals surface area contributed by atoms with Crippen LogP contribution in [0.2, 0.25) is 0 Å². The second-order valence-corrected chi connectivity index (χ2v) is 5.37. The van der Waals surface area contributed by atoms with Crippen LogP contribution in [0, 0.1) is 0 Å². The van der Waals surface area contributed by atoms with Gasteiger partial charge in [-0.1, -0.05) is 24.3 Å².